The van der Waals surface area contributed by atoms with E-state index in [0.29, 0.717) is 5.89 Å². The molecule has 3 aliphatic rings. The van der Waals surface area contributed by atoms with Gasteiger partial charge in [-0.15, -0.1) is 0 Å². The lowest BCUT2D eigenvalue weighted by molar-refractivity contribution is 0.332. The molecule has 0 N–H and O–H groups in total. The molecule has 0 atom stereocenters. The molecule has 0 saturated heterocycles. The number of rotatable bonds is 4. The fourth-order valence-corrected chi connectivity index (χ4v) is 11.8. The van der Waals surface area contributed by atoms with Gasteiger partial charge >= 0.3 is 0 Å². The summed E-state index contributed by atoms with van der Waals surface area (Å²) in [4.78, 5) is 10.5. The van der Waals surface area contributed by atoms with Crippen LogP contribution in [0.15, 0.2) is 138 Å². The van der Waals surface area contributed by atoms with E-state index in [-0.39, 0.29) is 39.2 Å². The average Bonchev–Trinajstić information content (AvgIpc) is 3.74. The first kappa shape index (κ1) is 48.0. The summed E-state index contributed by atoms with van der Waals surface area (Å²) >= 11 is 0. The Bertz CT molecular complexity index is 3430. The maximum Gasteiger partial charge on any atom is 0.252 e. The van der Waals surface area contributed by atoms with Crippen LogP contribution in [0.25, 0.3) is 33.7 Å². The minimum Gasteiger partial charge on any atom is -0.436 e. The van der Waals surface area contributed by atoms with Crippen LogP contribution in [0.3, 0.4) is 0 Å². The molecule has 5 heteroatoms. The van der Waals surface area contributed by atoms with Crippen LogP contribution in [0.2, 0.25) is 0 Å². The van der Waals surface area contributed by atoms with Crippen molar-refractivity contribution in [3.05, 3.63) is 167 Å². The van der Waals surface area contributed by atoms with Crippen LogP contribution in [0.1, 0.15) is 157 Å². The van der Waals surface area contributed by atoms with Crippen LogP contribution in [-0.2, 0) is 32.5 Å². The van der Waals surface area contributed by atoms with Gasteiger partial charge in [-0.3, -0.25) is 0 Å². The van der Waals surface area contributed by atoms with E-state index in [1.54, 1.807) is 0 Å². The molecule has 0 radical (unpaired) electrons. The molecule has 0 spiro atoms. The Balaban J connectivity index is 1.17. The molecule has 8 aromatic rings. The number of hydrogen-bond donors (Lipinski definition) is 0. The predicted molar refractivity (Wildman–Crippen MR) is 309 cm³/mol. The summed E-state index contributed by atoms with van der Waals surface area (Å²) in [5.74, 6) is 0.628. The molecule has 0 saturated carbocycles. The fourth-order valence-electron chi connectivity index (χ4n) is 11.8. The van der Waals surface area contributed by atoms with Crippen molar-refractivity contribution >= 4 is 68.3 Å². The van der Waals surface area contributed by atoms with Gasteiger partial charge in [0, 0.05) is 45.8 Å². The number of fused-ring (bicyclic) bond motifs is 6. The first-order chi connectivity index (χ1) is 33.7. The zero-order valence-electron chi connectivity index (χ0n) is 45.9. The van der Waals surface area contributed by atoms with E-state index in [0.717, 1.165) is 28.8 Å². The van der Waals surface area contributed by atoms with Crippen LogP contribution >= 0.6 is 0 Å². The zero-order chi connectivity index (χ0) is 51.2. The second-order valence-electron chi connectivity index (χ2n) is 26.9. The summed E-state index contributed by atoms with van der Waals surface area (Å²) in [6.45, 7) is 37.4. The van der Waals surface area contributed by atoms with Crippen LogP contribution < -0.4 is 26.2 Å². The standard InChI is InChI=1S/C67H74BN3O/c1-62(2,3)44-23-21-42(22-24-44)41-17-19-43(20-18-41)61-69-54-39-53-56(40-59(54)72-61)71(49-30-31-50-51(38-49)67(15,16)34-33-66(50,13)14)58-37-47(65(10,11)12)36-57-60(58)68(53)52-35-46(64(7,8)9)27-32-55(52)70(57)48-28-25-45(26-29-48)63(4,5)6/h17-32,35-40H,33-34H2,1-16H3. The summed E-state index contributed by atoms with van der Waals surface area (Å²) in [5, 5.41) is 0. The minimum absolute atomic E-state index is 0.0300. The summed E-state index contributed by atoms with van der Waals surface area (Å²) < 4.78 is 6.92. The minimum atomic E-state index is -0.137. The Morgan fingerprint density at radius 3 is 1.47 bits per heavy atom. The Morgan fingerprint density at radius 2 is 0.903 bits per heavy atom. The first-order valence-corrected chi connectivity index (χ1v) is 26.5. The third-order valence-electron chi connectivity index (χ3n) is 16.6. The van der Waals surface area contributed by atoms with Gasteiger partial charge in [-0.05, 0) is 167 Å². The molecule has 0 fully saturated rings. The highest BCUT2D eigenvalue weighted by molar-refractivity contribution is 7.00. The van der Waals surface area contributed by atoms with E-state index in [1.807, 2.05) is 0 Å². The number of benzene rings is 7. The SMILES string of the molecule is CC(C)(C)c1ccc(-c2ccc(-c3nc4cc5c(cc4o3)N(c3ccc4c(c3)C(C)(C)CCC4(C)C)c3cc(C(C)(C)C)cc4c3B5c3cc(C(C)(C)C)ccc3N4c3ccc(C(C)(C)C)cc3)cc2)cc1. The Morgan fingerprint density at radius 1 is 0.431 bits per heavy atom. The molecule has 366 valence electrons. The monoisotopic (exact) mass is 948 g/mol. The second-order valence-corrected chi connectivity index (χ2v) is 26.9. The lowest BCUT2D eigenvalue weighted by Crippen LogP contribution is -2.61. The van der Waals surface area contributed by atoms with E-state index in [1.165, 1.54) is 95.8 Å². The summed E-state index contributed by atoms with van der Waals surface area (Å²) in [5.41, 5.74) is 24.2. The fraction of sp³-hybridized carbons (Fsp3) is 0.358. The number of oxazole rings is 1. The molecule has 11 rings (SSSR count). The quantitative estimate of drug-likeness (QED) is 0.165. The van der Waals surface area contributed by atoms with E-state index < -0.39 is 0 Å². The third kappa shape index (κ3) is 8.01. The molecule has 0 bridgehead atoms. The van der Waals surface area contributed by atoms with Crippen molar-refractivity contribution in [2.75, 3.05) is 9.80 Å². The van der Waals surface area contributed by atoms with E-state index in [4.69, 9.17) is 9.40 Å². The first-order valence-electron chi connectivity index (χ1n) is 26.5. The largest absolute Gasteiger partial charge is 0.436 e. The van der Waals surface area contributed by atoms with Crippen molar-refractivity contribution in [1.29, 1.82) is 0 Å². The number of anilines is 6. The molecule has 1 aromatic heterocycles. The Hall–Kier alpha value is -6.33. The van der Waals surface area contributed by atoms with Crippen molar-refractivity contribution in [3.8, 4) is 22.6 Å². The highest BCUT2D eigenvalue weighted by atomic mass is 16.3. The van der Waals surface area contributed by atoms with Gasteiger partial charge in [0.25, 0.3) is 6.71 Å². The Kier molecular flexibility index (Phi) is 10.7. The number of aromatic nitrogens is 1. The predicted octanol–water partition coefficient (Wildman–Crippen LogP) is 16.8. The van der Waals surface area contributed by atoms with Crippen LogP contribution in [0.5, 0.6) is 0 Å². The number of nitrogens with zero attached hydrogens (tertiary/aromatic N) is 3. The third-order valence-corrected chi connectivity index (χ3v) is 16.6. The van der Waals surface area contributed by atoms with E-state index in [2.05, 4.69) is 254 Å². The molecule has 2 aliphatic heterocycles. The van der Waals surface area contributed by atoms with Crippen molar-refractivity contribution in [3.63, 3.8) is 0 Å². The average molecular weight is 948 g/mol. The summed E-state index contributed by atoms with van der Waals surface area (Å²) in [7, 11) is 0. The van der Waals surface area contributed by atoms with Crippen LogP contribution in [0.4, 0.5) is 34.1 Å². The lowest BCUT2D eigenvalue weighted by Gasteiger charge is -2.46. The molecule has 4 nitrogen and oxygen atoms in total. The molecule has 7 aromatic carbocycles. The van der Waals surface area contributed by atoms with Gasteiger partial charge in [0.1, 0.15) is 5.52 Å². The van der Waals surface area contributed by atoms with Gasteiger partial charge in [-0.2, -0.15) is 0 Å². The molecular weight excluding hydrogens is 874 g/mol. The maximum absolute atomic E-state index is 6.92. The Labute approximate surface area is 431 Å². The van der Waals surface area contributed by atoms with Crippen molar-refractivity contribution in [1.82, 2.24) is 4.98 Å². The maximum atomic E-state index is 6.92. The van der Waals surface area contributed by atoms with Gasteiger partial charge < -0.3 is 14.2 Å². The van der Waals surface area contributed by atoms with Crippen LogP contribution in [0, 0.1) is 0 Å². The van der Waals surface area contributed by atoms with Crippen LogP contribution in [-0.4, -0.2) is 11.7 Å². The molecular formula is C67H74BN3O. The molecule has 0 amide bonds. The highest BCUT2D eigenvalue weighted by Gasteiger charge is 2.46. The summed E-state index contributed by atoms with van der Waals surface area (Å²) in [6.07, 6.45) is 2.31. The van der Waals surface area contributed by atoms with Gasteiger partial charge in [0.05, 0.1) is 0 Å². The normalized spacial score (nSPS) is 16.1. The van der Waals surface area contributed by atoms with Crippen molar-refractivity contribution in [2.45, 2.75) is 156 Å². The summed E-state index contributed by atoms with van der Waals surface area (Å²) in [6, 6.07) is 51.4. The molecule has 72 heavy (non-hydrogen) atoms. The lowest BCUT2D eigenvalue weighted by atomic mass is 9.33. The second kappa shape index (κ2) is 16.1. The van der Waals surface area contributed by atoms with Gasteiger partial charge in [-0.25, -0.2) is 4.98 Å². The van der Waals surface area contributed by atoms with Gasteiger partial charge in [-0.1, -0.05) is 178 Å². The highest BCUT2D eigenvalue weighted by Crippen LogP contribution is 2.51. The van der Waals surface area contributed by atoms with E-state index in [9.17, 15) is 0 Å². The van der Waals surface area contributed by atoms with Crippen molar-refractivity contribution < 1.29 is 4.42 Å². The number of hydrogen-bond acceptors (Lipinski definition) is 4. The van der Waals surface area contributed by atoms with E-state index >= 15 is 0 Å². The zero-order valence-corrected chi connectivity index (χ0v) is 45.9. The van der Waals surface area contributed by atoms with Gasteiger partial charge in [0.2, 0.25) is 5.89 Å². The topological polar surface area (TPSA) is 32.5 Å². The molecule has 3 heterocycles. The van der Waals surface area contributed by atoms with Crippen molar-refractivity contribution in [2.24, 2.45) is 0 Å². The smallest absolute Gasteiger partial charge is 0.252 e. The molecule has 0 unspecified atom stereocenters. The van der Waals surface area contributed by atoms with Gasteiger partial charge in [0.15, 0.2) is 5.58 Å². The molecule has 1 aliphatic carbocycles.